The van der Waals surface area contributed by atoms with E-state index in [1.54, 1.807) is 30.3 Å². The maximum atomic E-state index is 13.0. The average Bonchev–Trinajstić information content (AvgIpc) is 3.34. The van der Waals surface area contributed by atoms with Gasteiger partial charge in [0, 0.05) is 18.7 Å². The van der Waals surface area contributed by atoms with Crippen LogP contribution < -0.4 is 10.9 Å². The van der Waals surface area contributed by atoms with Crippen LogP contribution in [0.1, 0.15) is 24.2 Å². The predicted molar refractivity (Wildman–Crippen MR) is 129 cm³/mol. The first-order valence-corrected chi connectivity index (χ1v) is 11.1. The molecule has 2 aromatic carbocycles. The van der Waals surface area contributed by atoms with Crippen molar-refractivity contribution in [2.75, 3.05) is 11.9 Å². The summed E-state index contributed by atoms with van der Waals surface area (Å²) >= 11 is 0. The summed E-state index contributed by atoms with van der Waals surface area (Å²) in [7, 11) is 0. The molecule has 4 aromatic rings. The quantitative estimate of drug-likeness (QED) is 0.412. The van der Waals surface area contributed by atoms with Gasteiger partial charge in [0.25, 0.3) is 5.56 Å². The number of aryl methyl sites for hydroxylation is 2. The molecule has 2 heterocycles. The Morgan fingerprint density at radius 1 is 1.06 bits per heavy atom. The largest absolute Gasteiger partial charge is 0.467 e. The summed E-state index contributed by atoms with van der Waals surface area (Å²) < 4.78 is 6.90. The molecule has 2 aromatic heterocycles. The second-order valence-electron chi connectivity index (χ2n) is 8.06. The smallest absolute Gasteiger partial charge is 0.261 e. The van der Waals surface area contributed by atoms with Crippen molar-refractivity contribution in [3.8, 4) is 0 Å². The first-order chi connectivity index (χ1) is 16.5. The van der Waals surface area contributed by atoms with Crippen LogP contribution in [-0.2, 0) is 22.7 Å². The van der Waals surface area contributed by atoms with Gasteiger partial charge in [0.2, 0.25) is 11.8 Å². The van der Waals surface area contributed by atoms with Crippen LogP contribution in [0.25, 0.3) is 10.9 Å². The fourth-order valence-corrected chi connectivity index (χ4v) is 3.77. The van der Waals surface area contributed by atoms with Crippen molar-refractivity contribution in [3.05, 3.63) is 94.9 Å². The first kappa shape index (κ1) is 23.0. The maximum Gasteiger partial charge on any atom is 0.261 e. The van der Waals surface area contributed by atoms with Gasteiger partial charge in [-0.3, -0.25) is 19.0 Å². The number of furan rings is 1. The van der Waals surface area contributed by atoms with Gasteiger partial charge in [0.15, 0.2) is 0 Å². The van der Waals surface area contributed by atoms with E-state index < -0.39 is 0 Å². The molecule has 2 amide bonds. The molecule has 0 fully saturated rings. The van der Waals surface area contributed by atoms with E-state index in [1.807, 2.05) is 37.3 Å². The van der Waals surface area contributed by atoms with E-state index in [1.165, 1.54) is 22.1 Å². The van der Waals surface area contributed by atoms with Gasteiger partial charge in [-0.1, -0.05) is 30.3 Å². The topological polar surface area (TPSA) is 97.4 Å². The lowest BCUT2D eigenvalue weighted by molar-refractivity contribution is -0.135. The van der Waals surface area contributed by atoms with Crippen molar-refractivity contribution in [1.82, 2.24) is 14.5 Å². The Hall–Kier alpha value is -4.20. The van der Waals surface area contributed by atoms with Crippen molar-refractivity contribution in [1.29, 1.82) is 0 Å². The first-order valence-electron chi connectivity index (χ1n) is 11.1. The van der Waals surface area contributed by atoms with Crippen LogP contribution in [0.2, 0.25) is 0 Å². The standard InChI is InChI=1S/C26H26N4O4/c1-19-8-5-12-22-25(19)27-18-29(26(22)33)14-6-13-24(32)30(16-21-11-7-15-34-21)17-23(31)28-20-9-3-2-4-10-20/h2-5,7-12,15,18H,6,13-14,16-17H2,1H3,(H,28,31). The van der Waals surface area contributed by atoms with Crippen LogP contribution in [0.4, 0.5) is 5.69 Å². The predicted octanol–water partition coefficient (Wildman–Crippen LogP) is 3.75. The molecule has 34 heavy (non-hydrogen) atoms. The Bertz CT molecular complexity index is 1330. The summed E-state index contributed by atoms with van der Waals surface area (Å²) in [6, 6.07) is 18.1. The summed E-state index contributed by atoms with van der Waals surface area (Å²) in [6.45, 7) is 2.35. The molecule has 0 unspecified atom stereocenters. The normalized spacial score (nSPS) is 10.9. The highest BCUT2D eigenvalue weighted by Crippen LogP contribution is 2.13. The zero-order valence-corrected chi connectivity index (χ0v) is 18.9. The van der Waals surface area contributed by atoms with Gasteiger partial charge in [0.05, 0.1) is 30.0 Å². The summed E-state index contributed by atoms with van der Waals surface area (Å²) in [4.78, 5) is 44.2. The monoisotopic (exact) mass is 458 g/mol. The summed E-state index contributed by atoms with van der Waals surface area (Å²) in [5, 5.41) is 3.36. The number of amides is 2. The molecular weight excluding hydrogens is 432 g/mol. The second kappa shape index (κ2) is 10.6. The van der Waals surface area contributed by atoms with Gasteiger partial charge < -0.3 is 14.6 Å². The Morgan fingerprint density at radius 2 is 1.88 bits per heavy atom. The number of hydrogen-bond donors (Lipinski definition) is 1. The van der Waals surface area contributed by atoms with E-state index in [2.05, 4.69) is 10.3 Å². The highest BCUT2D eigenvalue weighted by Gasteiger charge is 2.19. The molecule has 0 aliphatic rings. The molecule has 0 bridgehead atoms. The van der Waals surface area contributed by atoms with Crippen LogP contribution >= 0.6 is 0 Å². The van der Waals surface area contributed by atoms with E-state index in [0.717, 1.165) is 5.56 Å². The second-order valence-corrected chi connectivity index (χ2v) is 8.06. The lowest BCUT2D eigenvalue weighted by Gasteiger charge is -2.21. The molecule has 1 N–H and O–H groups in total. The van der Waals surface area contributed by atoms with Crippen LogP contribution in [0.5, 0.6) is 0 Å². The average molecular weight is 459 g/mol. The summed E-state index contributed by atoms with van der Waals surface area (Å²) in [5.74, 6) is 0.0971. The number of carbonyl (C=O) groups is 2. The zero-order valence-electron chi connectivity index (χ0n) is 18.9. The SMILES string of the molecule is Cc1cccc2c(=O)n(CCCC(=O)N(CC(=O)Nc3ccccc3)Cc3ccco3)cnc12. The van der Waals surface area contributed by atoms with E-state index >= 15 is 0 Å². The number of carbonyl (C=O) groups excluding carboxylic acids is 2. The van der Waals surface area contributed by atoms with Crippen molar-refractivity contribution >= 4 is 28.4 Å². The van der Waals surface area contributed by atoms with Gasteiger partial charge in [-0.05, 0) is 49.2 Å². The molecule has 8 nitrogen and oxygen atoms in total. The van der Waals surface area contributed by atoms with E-state index in [9.17, 15) is 14.4 Å². The third-order valence-electron chi connectivity index (χ3n) is 5.52. The van der Waals surface area contributed by atoms with Crippen molar-refractivity contribution in [2.45, 2.75) is 32.9 Å². The maximum absolute atomic E-state index is 13.0. The van der Waals surface area contributed by atoms with E-state index in [-0.39, 0.29) is 36.9 Å². The summed E-state index contributed by atoms with van der Waals surface area (Å²) in [5.41, 5.74) is 2.17. The minimum atomic E-state index is -0.295. The number of fused-ring (bicyclic) bond motifs is 1. The van der Waals surface area contributed by atoms with Gasteiger partial charge in [0.1, 0.15) is 12.3 Å². The van der Waals surface area contributed by atoms with Crippen LogP contribution in [-0.4, -0.2) is 32.8 Å². The minimum absolute atomic E-state index is 0.106. The molecule has 0 atom stereocenters. The number of benzene rings is 2. The number of rotatable bonds is 9. The Balaban J connectivity index is 1.40. The van der Waals surface area contributed by atoms with Crippen LogP contribution in [0.3, 0.4) is 0 Å². The van der Waals surface area contributed by atoms with Crippen LogP contribution in [0.15, 0.2) is 82.5 Å². The van der Waals surface area contributed by atoms with Crippen molar-refractivity contribution in [3.63, 3.8) is 0 Å². The van der Waals surface area contributed by atoms with Crippen molar-refractivity contribution < 1.29 is 14.0 Å². The molecular formula is C26H26N4O4. The third-order valence-corrected chi connectivity index (χ3v) is 5.52. The Kier molecular flexibility index (Phi) is 7.17. The third kappa shape index (κ3) is 5.58. The van der Waals surface area contributed by atoms with Gasteiger partial charge in [-0.15, -0.1) is 0 Å². The number of anilines is 1. The van der Waals surface area contributed by atoms with Gasteiger partial charge >= 0.3 is 0 Å². The molecule has 0 spiro atoms. The molecule has 4 rings (SSSR count). The molecule has 8 heteroatoms. The number of nitrogens with one attached hydrogen (secondary N) is 1. The number of nitrogens with zero attached hydrogens (tertiary/aromatic N) is 3. The molecule has 0 saturated heterocycles. The minimum Gasteiger partial charge on any atom is -0.467 e. The van der Waals surface area contributed by atoms with E-state index in [4.69, 9.17) is 4.42 Å². The van der Waals surface area contributed by atoms with Crippen molar-refractivity contribution in [2.24, 2.45) is 0 Å². The fourth-order valence-electron chi connectivity index (χ4n) is 3.77. The van der Waals surface area contributed by atoms with Gasteiger partial charge in [-0.25, -0.2) is 4.98 Å². The Labute approximate surface area is 196 Å². The van der Waals surface area contributed by atoms with Crippen LogP contribution in [0, 0.1) is 6.92 Å². The lowest BCUT2D eigenvalue weighted by atomic mass is 10.1. The lowest BCUT2D eigenvalue weighted by Crippen LogP contribution is -2.37. The Morgan fingerprint density at radius 3 is 2.65 bits per heavy atom. The fraction of sp³-hybridized carbons (Fsp3) is 0.231. The summed E-state index contributed by atoms with van der Waals surface area (Å²) in [6.07, 6.45) is 3.67. The number of aromatic nitrogens is 2. The van der Waals surface area contributed by atoms with E-state index in [0.29, 0.717) is 35.3 Å². The van der Waals surface area contributed by atoms with Gasteiger partial charge in [-0.2, -0.15) is 0 Å². The highest BCUT2D eigenvalue weighted by atomic mass is 16.3. The molecule has 0 radical (unpaired) electrons. The highest BCUT2D eigenvalue weighted by molar-refractivity contribution is 5.94. The molecule has 0 aliphatic heterocycles. The molecule has 0 aliphatic carbocycles. The number of hydrogen-bond acceptors (Lipinski definition) is 5. The zero-order chi connectivity index (χ0) is 23.9. The molecule has 0 saturated carbocycles. The molecule has 174 valence electrons. The number of para-hydroxylation sites is 2.